The summed E-state index contributed by atoms with van der Waals surface area (Å²) in [7, 11) is -3.18. The lowest BCUT2D eigenvalue weighted by atomic mass is 10.1. The third kappa shape index (κ3) is 4.73. The van der Waals surface area contributed by atoms with Crippen LogP contribution in [0.1, 0.15) is 39.7 Å². The van der Waals surface area contributed by atoms with Crippen LogP contribution in [0.4, 0.5) is 4.79 Å². The number of hydrogen-bond acceptors (Lipinski definition) is 6. The summed E-state index contributed by atoms with van der Waals surface area (Å²) < 4.78 is 37.6. The summed E-state index contributed by atoms with van der Waals surface area (Å²) in [4.78, 5) is 24.0. The fraction of sp³-hybridized carbons (Fsp3) is 0.500. The highest BCUT2D eigenvalue weighted by atomic mass is 32.2. The molecule has 0 fully saturated rings. The zero-order chi connectivity index (χ0) is 21.8. The van der Waals surface area contributed by atoms with E-state index in [-0.39, 0.29) is 17.9 Å². The molecule has 0 N–H and O–H groups in total. The number of amides is 1. The fourth-order valence-electron chi connectivity index (χ4n) is 2.59. The van der Waals surface area contributed by atoms with E-state index < -0.39 is 32.4 Å². The number of likely N-dealkylation sites (N-methyl/N-ethyl adjacent to an activating group) is 1. The van der Waals surface area contributed by atoms with Gasteiger partial charge in [-0.2, -0.15) is 0 Å². The average Bonchev–Trinajstić information content (AvgIpc) is 2.57. The fourth-order valence-corrected chi connectivity index (χ4v) is 4.52. The predicted molar refractivity (Wildman–Crippen MR) is 107 cm³/mol. The van der Waals surface area contributed by atoms with Crippen molar-refractivity contribution in [3.8, 4) is 0 Å². The molecular formula is C20H29NO6S. The van der Waals surface area contributed by atoms with Crippen molar-refractivity contribution in [2.24, 2.45) is 0 Å². The first-order valence-electron chi connectivity index (χ1n) is 8.89. The number of sulfone groups is 1. The number of aryl methyl sites for hydroxylation is 1. The first-order chi connectivity index (χ1) is 12.8. The molecule has 0 aliphatic rings. The third-order valence-electron chi connectivity index (χ3n) is 4.00. The highest BCUT2D eigenvalue weighted by Gasteiger charge is 2.57. The molecule has 156 valence electrons. The Hall–Kier alpha value is -2.35. The molecule has 0 saturated carbocycles. The van der Waals surface area contributed by atoms with Gasteiger partial charge in [-0.05, 0) is 46.8 Å². The maximum absolute atomic E-state index is 13.6. The summed E-state index contributed by atoms with van der Waals surface area (Å²) in [5.41, 5.74) is -0.0296. The van der Waals surface area contributed by atoms with Crippen LogP contribution < -0.4 is 0 Å². The summed E-state index contributed by atoms with van der Waals surface area (Å²) >= 11 is 0. The van der Waals surface area contributed by atoms with E-state index in [0.29, 0.717) is 0 Å². The van der Waals surface area contributed by atoms with Gasteiger partial charge in [0.15, 0.2) is 0 Å². The molecule has 1 unspecified atom stereocenters. The summed E-state index contributed by atoms with van der Waals surface area (Å²) in [6.45, 7) is 11.8. The Morgan fingerprint density at radius 2 is 1.71 bits per heavy atom. The minimum Gasteiger partial charge on any atom is -0.463 e. The lowest BCUT2D eigenvalue weighted by Crippen LogP contribution is -2.61. The molecule has 8 heteroatoms. The molecule has 0 spiro atoms. The molecule has 0 bridgehead atoms. The van der Waals surface area contributed by atoms with Crippen LogP contribution in [0, 0.1) is 6.92 Å². The van der Waals surface area contributed by atoms with Gasteiger partial charge in [0.05, 0.1) is 11.5 Å². The predicted octanol–water partition coefficient (Wildman–Crippen LogP) is 3.47. The minimum absolute atomic E-state index is 0.0523. The van der Waals surface area contributed by atoms with Crippen LogP contribution in [-0.2, 0) is 24.1 Å². The van der Waals surface area contributed by atoms with E-state index in [1.807, 2.05) is 6.92 Å². The summed E-state index contributed by atoms with van der Waals surface area (Å²) in [6, 6.07) is 6.02. The first-order valence-corrected chi connectivity index (χ1v) is 10.4. The van der Waals surface area contributed by atoms with Gasteiger partial charge in [-0.25, -0.2) is 18.0 Å². The highest BCUT2D eigenvalue weighted by Crippen LogP contribution is 2.35. The molecule has 1 rings (SSSR count). The Bertz CT molecular complexity index is 823. The lowest BCUT2D eigenvalue weighted by Gasteiger charge is -2.38. The Morgan fingerprint density at radius 3 is 2.14 bits per heavy atom. The SMILES string of the molecule is C=CCC(C(=O)OCC)(N(C)C(=O)OC(C)(C)C)S(=O)(=O)c1ccc(C)cc1. The number of carbonyl (C=O) groups is 2. The van der Waals surface area contributed by atoms with Crippen molar-refractivity contribution >= 4 is 21.9 Å². The van der Waals surface area contributed by atoms with Gasteiger partial charge in [-0.15, -0.1) is 6.58 Å². The van der Waals surface area contributed by atoms with Crippen LogP contribution >= 0.6 is 0 Å². The van der Waals surface area contributed by atoms with Crippen molar-refractivity contribution in [3.05, 3.63) is 42.5 Å². The summed E-state index contributed by atoms with van der Waals surface area (Å²) in [5, 5.41) is 0. The highest BCUT2D eigenvalue weighted by molar-refractivity contribution is 7.93. The van der Waals surface area contributed by atoms with Crippen molar-refractivity contribution in [3.63, 3.8) is 0 Å². The number of rotatable bonds is 7. The number of benzene rings is 1. The largest absolute Gasteiger partial charge is 0.463 e. The molecule has 0 saturated heterocycles. The Balaban J connectivity index is 3.70. The number of nitrogens with zero attached hydrogens (tertiary/aromatic N) is 1. The molecule has 28 heavy (non-hydrogen) atoms. The smallest absolute Gasteiger partial charge is 0.411 e. The summed E-state index contributed by atoms with van der Waals surface area (Å²) in [6.07, 6.45) is -0.0560. The molecule has 0 aliphatic carbocycles. The van der Waals surface area contributed by atoms with E-state index in [4.69, 9.17) is 9.47 Å². The van der Waals surface area contributed by atoms with Gasteiger partial charge in [-0.3, -0.25) is 4.90 Å². The van der Waals surface area contributed by atoms with Crippen LogP contribution in [0.25, 0.3) is 0 Å². The Kier molecular flexibility index (Phi) is 7.42. The zero-order valence-electron chi connectivity index (χ0n) is 17.3. The monoisotopic (exact) mass is 411 g/mol. The quantitative estimate of drug-likeness (QED) is 0.504. The van der Waals surface area contributed by atoms with Gasteiger partial charge >= 0.3 is 12.1 Å². The van der Waals surface area contributed by atoms with E-state index in [0.717, 1.165) is 10.5 Å². The normalized spacial score (nSPS) is 13.9. The van der Waals surface area contributed by atoms with E-state index in [9.17, 15) is 18.0 Å². The molecule has 0 aromatic heterocycles. The van der Waals surface area contributed by atoms with Gasteiger partial charge in [0.25, 0.3) is 4.87 Å². The second-order valence-electron chi connectivity index (χ2n) is 7.35. The molecule has 1 amide bonds. The van der Waals surface area contributed by atoms with Gasteiger partial charge in [-0.1, -0.05) is 23.8 Å². The van der Waals surface area contributed by atoms with Crippen molar-refractivity contribution in [2.45, 2.75) is 56.4 Å². The number of ether oxygens (including phenoxy) is 2. The topological polar surface area (TPSA) is 90.0 Å². The molecule has 1 aromatic carbocycles. The van der Waals surface area contributed by atoms with Crippen LogP contribution in [-0.4, -0.2) is 49.5 Å². The van der Waals surface area contributed by atoms with E-state index >= 15 is 0 Å². The number of carbonyl (C=O) groups excluding carboxylic acids is 2. The standard InChI is InChI=1S/C20H29NO6S/c1-8-14-20(17(22)26-9-2,21(7)18(23)27-19(4,5)6)28(24,25)16-12-10-15(3)11-13-16/h8,10-13H,1,9,14H2,2-7H3. The average molecular weight is 412 g/mol. The third-order valence-corrected chi connectivity index (χ3v) is 6.39. The Morgan fingerprint density at radius 1 is 1.18 bits per heavy atom. The maximum Gasteiger partial charge on any atom is 0.411 e. The molecule has 7 nitrogen and oxygen atoms in total. The molecule has 1 aromatic rings. The molecule has 0 heterocycles. The van der Waals surface area contributed by atoms with Crippen molar-refractivity contribution < 1.29 is 27.5 Å². The van der Waals surface area contributed by atoms with Crippen molar-refractivity contribution in [2.75, 3.05) is 13.7 Å². The Labute approximate surface area is 167 Å². The summed E-state index contributed by atoms with van der Waals surface area (Å²) in [5.74, 6) is -1.07. The lowest BCUT2D eigenvalue weighted by molar-refractivity contribution is -0.151. The van der Waals surface area contributed by atoms with E-state index in [1.54, 1.807) is 39.8 Å². The zero-order valence-corrected chi connectivity index (χ0v) is 18.1. The van der Waals surface area contributed by atoms with E-state index in [2.05, 4.69) is 6.58 Å². The second kappa shape index (κ2) is 8.77. The molecular weight excluding hydrogens is 382 g/mol. The maximum atomic E-state index is 13.6. The van der Waals surface area contributed by atoms with Crippen LogP contribution in [0.3, 0.4) is 0 Å². The van der Waals surface area contributed by atoms with Crippen molar-refractivity contribution in [1.29, 1.82) is 0 Å². The van der Waals surface area contributed by atoms with Gasteiger partial charge in [0.2, 0.25) is 9.84 Å². The minimum atomic E-state index is -4.38. The van der Waals surface area contributed by atoms with Crippen LogP contribution in [0.5, 0.6) is 0 Å². The van der Waals surface area contributed by atoms with Gasteiger partial charge in [0, 0.05) is 13.5 Å². The van der Waals surface area contributed by atoms with Crippen molar-refractivity contribution in [1.82, 2.24) is 4.90 Å². The van der Waals surface area contributed by atoms with Crippen LogP contribution in [0.2, 0.25) is 0 Å². The van der Waals surface area contributed by atoms with Gasteiger partial charge in [0.1, 0.15) is 5.60 Å². The van der Waals surface area contributed by atoms with E-state index in [1.165, 1.54) is 25.3 Å². The molecule has 0 aliphatic heterocycles. The first kappa shape index (κ1) is 23.7. The number of esters is 1. The second-order valence-corrected chi connectivity index (χ2v) is 9.51. The van der Waals surface area contributed by atoms with Gasteiger partial charge < -0.3 is 9.47 Å². The molecule has 1 atom stereocenters. The molecule has 0 radical (unpaired) electrons. The van der Waals surface area contributed by atoms with Crippen LogP contribution in [0.15, 0.2) is 41.8 Å². The number of hydrogen-bond donors (Lipinski definition) is 0.